The number of nitrogens with zero attached hydrogens (tertiary/aromatic N) is 3. The van der Waals surface area contributed by atoms with E-state index in [4.69, 9.17) is 9.26 Å². The second-order valence-corrected chi connectivity index (χ2v) is 9.86. The predicted octanol–water partition coefficient (Wildman–Crippen LogP) is 3.47. The van der Waals surface area contributed by atoms with Gasteiger partial charge >= 0.3 is 0 Å². The Morgan fingerprint density at radius 3 is 2.58 bits per heavy atom. The number of amides is 1. The van der Waals surface area contributed by atoms with E-state index < -0.39 is 10.0 Å². The first kappa shape index (κ1) is 22.9. The first-order valence-electron chi connectivity index (χ1n) is 10.7. The molecule has 4 rings (SSSR count). The fourth-order valence-electron chi connectivity index (χ4n) is 3.65. The van der Waals surface area contributed by atoms with Gasteiger partial charge in [0.25, 0.3) is 0 Å². The number of hydrogen-bond donors (Lipinski definition) is 1. The monoisotopic (exact) mass is 470 g/mol. The second-order valence-electron chi connectivity index (χ2n) is 8.10. The molecule has 0 spiro atoms. The van der Waals surface area contributed by atoms with Crippen LogP contribution in [0, 0.1) is 0 Å². The summed E-state index contributed by atoms with van der Waals surface area (Å²) in [5.41, 5.74) is 2.42. The number of hydrogen-bond acceptors (Lipinski definition) is 7. The minimum Gasteiger partial charge on any atom is -0.495 e. The van der Waals surface area contributed by atoms with Crippen molar-refractivity contribution < 1.29 is 22.5 Å². The Morgan fingerprint density at radius 2 is 1.94 bits per heavy atom. The second kappa shape index (κ2) is 9.32. The summed E-state index contributed by atoms with van der Waals surface area (Å²) in [6, 6.07) is 12.2. The average molecular weight is 471 g/mol. The molecule has 10 heteroatoms. The van der Waals surface area contributed by atoms with Gasteiger partial charge in [0.1, 0.15) is 5.75 Å². The van der Waals surface area contributed by atoms with E-state index >= 15 is 0 Å². The van der Waals surface area contributed by atoms with E-state index in [1.165, 1.54) is 24.8 Å². The maximum atomic E-state index is 12.9. The van der Waals surface area contributed by atoms with Crippen LogP contribution in [0.5, 0.6) is 5.75 Å². The van der Waals surface area contributed by atoms with Gasteiger partial charge in [-0.15, -0.1) is 0 Å². The van der Waals surface area contributed by atoms with Crippen molar-refractivity contribution in [3.8, 4) is 17.1 Å². The van der Waals surface area contributed by atoms with Crippen LogP contribution in [-0.4, -0.2) is 38.1 Å². The van der Waals surface area contributed by atoms with Crippen LogP contribution in [0.25, 0.3) is 11.4 Å². The topological polar surface area (TPSA) is 115 Å². The molecule has 1 aromatic heterocycles. The lowest BCUT2D eigenvalue weighted by Crippen LogP contribution is -2.26. The molecule has 2 aromatic carbocycles. The molecular weight excluding hydrogens is 444 g/mol. The van der Waals surface area contributed by atoms with Gasteiger partial charge in [0.05, 0.1) is 24.2 Å². The third-order valence-corrected chi connectivity index (χ3v) is 6.94. The molecule has 0 unspecified atom stereocenters. The van der Waals surface area contributed by atoms with Gasteiger partial charge in [-0.05, 0) is 36.1 Å². The van der Waals surface area contributed by atoms with Crippen molar-refractivity contribution in [2.45, 2.75) is 44.0 Å². The highest BCUT2D eigenvalue weighted by Gasteiger charge is 2.27. The van der Waals surface area contributed by atoms with Crippen molar-refractivity contribution in [1.82, 2.24) is 14.9 Å². The van der Waals surface area contributed by atoms with Crippen LogP contribution in [0.3, 0.4) is 0 Å². The third-order valence-electron chi connectivity index (χ3n) is 5.54. The Hall–Kier alpha value is -3.24. The first-order chi connectivity index (χ1) is 15.8. The van der Waals surface area contributed by atoms with E-state index in [9.17, 15) is 13.2 Å². The molecule has 1 aliphatic heterocycles. The Balaban J connectivity index is 1.49. The summed E-state index contributed by atoms with van der Waals surface area (Å²) in [6.07, 6.45) is 1.15. The van der Waals surface area contributed by atoms with Crippen LogP contribution in [0.4, 0.5) is 5.69 Å². The normalized spacial score (nSPS) is 14.3. The SMILES string of the molecule is COc1ccc(S(=O)(=O)NCc2nc(-c3ccc(C(C)C)cc3)no2)cc1N1CCCC1=O. The lowest BCUT2D eigenvalue weighted by atomic mass is 10.0. The van der Waals surface area contributed by atoms with Gasteiger partial charge in [0.2, 0.25) is 27.6 Å². The summed E-state index contributed by atoms with van der Waals surface area (Å²) < 4.78 is 38.8. The third kappa shape index (κ3) is 4.91. The van der Waals surface area contributed by atoms with Crippen molar-refractivity contribution in [2.24, 2.45) is 0 Å². The Morgan fingerprint density at radius 1 is 1.18 bits per heavy atom. The molecule has 1 saturated heterocycles. The standard InChI is InChI=1S/C23H26N4O5S/c1-15(2)16-6-8-17(9-7-16)23-25-21(32-26-23)14-24-33(29,30)18-10-11-20(31-3)19(13-18)27-12-4-5-22(27)28/h6-11,13,15,24H,4-5,12,14H2,1-3H3. The van der Waals surface area contributed by atoms with Gasteiger partial charge in [-0.2, -0.15) is 4.98 Å². The predicted molar refractivity (Wildman–Crippen MR) is 122 cm³/mol. The summed E-state index contributed by atoms with van der Waals surface area (Å²) in [6.45, 7) is 4.59. The molecule has 0 atom stereocenters. The highest BCUT2D eigenvalue weighted by Crippen LogP contribution is 2.33. The number of aromatic nitrogens is 2. The van der Waals surface area contributed by atoms with E-state index in [1.807, 2.05) is 24.3 Å². The summed E-state index contributed by atoms with van der Waals surface area (Å²) in [5.74, 6) is 1.32. The molecule has 9 nitrogen and oxygen atoms in total. The van der Waals surface area contributed by atoms with Gasteiger partial charge in [-0.1, -0.05) is 43.3 Å². The molecule has 174 valence electrons. The average Bonchev–Trinajstić information content (AvgIpc) is 3.46. The highest BCUT2D eigenvalue weighted by atomic mass is 32.2. The number of sulfonamides is 1. The molecule has 3 aromatic rings. The number of rotatable bonds is 8. The largest absolute Gasteiger partial charge is 0.495 e. The maximum absolute atomic E-state index is 12.9. The number of methoxy groups -OCH3 is 1. The van der Waals surface area contributed by atoms with Crippen LogP contribution in [0.1, 0.15) is 44.1 Å². The molecule has 1 amide bonds. The molecular formula is C23H26N4O5S. The number of nitrogens with one attached hydrogen (secondary N) is 1. The lowest BCUT2D eigenvalue weighted by Gasteiger charge is -2.20. The van der Waals surface area contributed by atoms with Crippen LogP contribution in [0.2, 0.25) is 0 Å². The molecule has 0 aliphatic carbocycles. The summed E-state index contributed by atoms with van der Waals surface area (Å²) >= 11 is 0. The number of benzene rings is 2. The highest BCUT2D eigenvalue weighted by molar-refractivity contribution is 7.89. The van der Waals surface area contributed by atoms with Crippen molar-refractivity contribution in [1.29, 1.82) is 0 Å². The van der Waals surface area contributed by atoms with Gasteiger partial charge in [0, 0.05) is 18.5 Å². The fourth-order valence-corrected chi connectivity index (χ4v) is 4.65. The zero-order chi connectivity index (χ0) is 23.6. The van der Waals surface area contributed by atoms with E-state index in [-0.39, 0.29) is 23.2 Å². The Kier molecular flexibility index (Phi) is 6.48. The zero-order valence-electron chi connectivity index (χ0n) is 18.7. The van der Waals surface area contributed by atoms with Crippen molar-refractivity contribution in [2.75, 3.05) is 18.6 Å². The number of anilines is 1. The summed E-state index contributed by atoms with van der Waals surface area (Å²) in [4.78, 5) is 18.0. The molecule has 2 heterocycles. The minimum absolute atomic E-state index is 0.0158. The van der Waals surface area contributed by atoms with Gasteiger partial charge in [0.15, 0.2) is 0 Å². The molecule has 0 radical (unpaired) electrons. The molecule has 1 aliphatic rings. The van der Waals surface area contributed by atoms with Gasteiger partial charge < -0.3 is 14.2 Å². The van der Waals surface area contributed by atoms with Crippen LogP contribution in [-0.2, 0) is 21.4 Å². The molecule has 33 heavy (non-hydrogen) atoms. The quantitative estimate of drug-likeness (QED) is 0.536. The smallest absolute Gasteiger partial charge is 0.242 e. The van der Waals surface area contributed by atoms with Crippen LogP contribution >= 0.6 is 0 Å². The molecule has 1 N–H and O–H groups in total. The zero-order valence-corrected chi connectivity index (χ0v) is 19.6. The fraction of sp³-hybridized carbons (Fsp3) is 0.348. The maximum Gasteiger partial charge on any atom is 0.242 e. The Bertz CT molecular complexity index is 1250. The van der Waals surface area contributed by atoms with E-state index in [0.717, 1.165) is 12.0 Å². The molecule has 1 fully saturated rings. The van der Waals surface area contributed by atoms with E-state index in [0.29, 0.717) is 36.1 Å². The molecule has 0 saturated carbocycles. The number of carbonyl (C=O) groups is 1. The van der Waals surface area contributed by atoms with Crippen molar-refractivity contribution >= 4 is 21.6 Å². The van der Waals surface area contributed by atoms with E-state index in [2.05, 4.69) is 28.7 Å². The van der Waals surface area contributed by atoms with Crippen molar-refractivity contribution in [3.05, 3.63) is 53.9 Å². The lowest BCUT2D eigenvalue weighted by molar-refractivity contribution is -0.117. The number of ether oxygens (including phenoxy) is 1. The first-order valence-corrected chi connectivity index (χ1v) is 12.2. The van der Waals surface area contributed by atoms with Gasteiger partial charge in [-0.25, -0.2) is 13.1 Å². The van der Waals surface area contributed by atoms with Gasteiger partial charge in [-0.3, -0.25) is 4.79 Å². The molecule has 0 bridgehead atoms. The Labute approximate surface area is 192 Å². The van der Waals surface area contributed by atoms with Crippen molar-refractivity contribution in [3.63, 3.8) is 0 Å². The van der Waals surface area contributed by atoms with E-state index in [1.54, 1.807) is 11.0 Å². The summed E-state index contributed by atoms with van der Waals surface area (Å²) in [5, 5.41) is 3.95. The minimum atomic E-state index is -3.89. The van der Waals surface area contributed by atoms with Crippen LogP contribution in [0.15, 0.2) is 51.9 Å². The van der Waals surface area contributed by atoms with Crippen LogP contribution < -0.4 is 14.4 Å². The summed E-state index contributed by atoms with van der Waals surface area (Å²) in [7, 11) is -2.41. The number of carbonyl (C=O) groups excluding carboxylic acids is 1.